The standard InChI is InChI=1S/C28H34FN9O2/c1-7-19(22-23(30-6)34-35-24(22)32-18-11-12-38(15-18)21(39)8-2)16-9-10-17(20(29)13-16)14-31-26(40)25-33-27(37-36-25)28(3,4)5/h7-10,13,18H,2,6,11-12,14-15H2,1,3-5H3,(H,31,40)(H2,32,34,35)(H,33,36,37)/b19-7-/t18-/m1/s1. The number of rotatable bonds is 9. The Balaban J connectivity index is 1.50. The van der Waals surface area contributed by atoms with E-state index in [1.54, 1.807) is 17.0 Å². The van der Waals surface area contributed by atoms with E-state index in [4.69, 9.17) is 0 Å². The molecule has 4 rings (SSSR count). The zero-order chi connectivity index (χ0) is 29.0. The minimum absolute atomic E-state index is 0.00170. The van der Waals surface area contributed by atoms with Gasteiger partial charge < -0.3 is 15.5 Å². The molecule has 0 aliphatic carbocycles. The minimum Gasteiger partial charge on any atom is -0.365 e. The maximum atomic E-state index is 15.2. The van der Waals surface area contributed by atoms with Gasteiger partial charge in [0.25, 0.3) is 5.91 Å². The predicted molar refractivity (Wildman–Crippen MR) is 152 cm³/mol. The van der Waals surface area contributed by atoms with Crippen LogP contribution < -0.4 is 10.6 Å². The number of anilines is 1. The van der Waals surface area contributed by atoms with Crippen LogP contribution in [0.2, 0.25) is 0 Å². The third kappa shape index (κ3) is 6.00. The maximum Gasteiger partial charge on any atom is 0.291 e. The summed E-state index contributed by atoms with van der Waals surface area (Å²) >= 11 is 0. The van der Waals surface area contributed by atoms with Crippen LogP contribution in [-0.4, -0.2) is 67.9 Å². The number of hydrogen-bond donors (Lipinski definition) is 4. The van der Waals surface area contributed by atoms with E-state index in [2.05, 4.69) is 54.3 Å². The fraction of sp³-hybridized carbons (Fsp3) is 0.357. The number of halogens is 1. The van der Waals surface area contributed by atoms with E-state index in [0.29, 0.717) is 52.8 Å². The largest absolute Gasteiger partial charge is 0.365 e. The van der Waals surface area contributed by atoms with Gasteiger partial charge in [-0.05, 0) is 43.3 Å². The number of carbonyl (C=O) groups excluding carboxylic acids is 2. The first-order chi connectivity index (χ1) is 19.0. The van der Waals surface area contributed by atoms with Gasteiger partial charge in [0.05, 0.1) is 5.56 Å². The van der Waals surface area contributed by atoms with Crippen LogP contribution in [0.4, 0.5) is 16.0 Å². The molecule has 1 aromatic carbocycles. The molecule has 40 heavy (non-hydrogen) atoms. The highest BCUT2D eigenvalue weighted by molar-refractivity contribution is 5.91. The first kappa shape index (κ1) is 28.4. The zero-order valence-corrected chi connectivity index (χ0v) is 23.1. The molecule has 0 bridgehead atoms. The second kappa shape index (κ2) is 11.6. The van der Waals surface area contributed by atoms with Gasteiger partial charge in [0, 0.05) is 36.7 Å². The molecule has 1 saturated heterocycles. The summed E-state index contributed by atoms with van der Waals surface area (Å²) in [7, 11) is 0. The Hall–Kier alpha value is -4.61. The molecule has 4 N–H and O–H groups in total. The molecule has 1 aliphatic rings. The van der Waals surface area contributed by atoms with Crippen molar-refractivity contribution in [2.75, 3.05) is 18.4 Å². The molecule has 11 nitrogen and oxygen atoms in total. The van der Waals surface area contributed by atoms with Crippen LogP contribution in [-0.2, 0) is 16.8 Å². The molecule has 1 fully saturated rings. The number of benzene rings is 1. The fourth-order valence-electron chi connectivity index (χ4n) is 4.48. The monoisotopic (exact) mass is 547 g/mol. The van der Waals surface area contributed by atoms with Gasteiger partial charge in [0.1, 0.15) is 17.5 Å². The summed E-state index contributed by atoms with van der Waals surface area (Å²) in [6.45, 7) is 16.0. The number of hydrogen-bond acceptors (Lipinski definition) is 7. The van der Waals surface area contributed by atoms with Crippen molar-refractivity contribution >= 4 is 35.7 Å². The number of aromatic nitrogens is 5. The molecule has 0 unspecified atom stereocenters. The van der Waals surface area contributed by atoms with Gasteiger partial charge in [-0.3, -0.25) is 19.8 Å². The van der Waals surface area contributed by atoms with Gasteiger partial charge in [-0.25, -0.2) is 14.4 Å². The summed E-state index contributed by atoms with van der Waals surface area (Å²) in [5.74, 6) is 0.463. The Labute approximate surface area is 232 Å². The van der Waals surface area contributed by atoms with Crippen LogP contribution in [0.1, 0.15) is 67.2 Å². The number of carbonyl (C=O) groups is 2. The number of likely N-dealkylation sites (tertiary alicyclic amines) is 1. The SMILES string of the molecule is C=CC(=O)N1CC[C@@H](Nc2[nH]nc(N=C)c2/C(=C\C)c2ccc(CNC(=O)c3n[nH]c(C(C)(C)C)n3)c(F)c2)C1. The molecule has 1 atom stereocenters. The van der Waals surface area contributed by atoms with E-state index in [1.165, 1.54) is 12.1 Å². The van der Waals surface area contributed by atoms with Crippen LogP contribution >= 0.6 is 0 Å². The lowest BCUT2D eigenvalue weighted by molar-refractivity contribution is -0.125. The molecule has 2 amide bonds. The molecule has 0 saturated carbocycles. The topological polar surface area (TPSA) is 144 Å². The number of aromatic amines is 2. The highest BCUT2D eigenvalue weighted by Crippen LogP contribution is 2.36. The Morgan fingerprint density at radius 2 is 2.05 bits per heavy atom. The zero-order valence-electron chi connectivity index (χ0n) is 23.1. The Kier molecular flexibility index (Phi) is 8.26. The van der Waals surface area contributed by atoms with E-state index in [1.807, 2.05) is 33.8 Å². The third-order valence-corrected chi connectivity index (χ3v) is 6.68. The summed E-state index contributed by atoms with van der Waals surface area (Å²) < 4.78 is 15.2. The van der Waals surface area contributed by atoms with Crippen molar-refractivity contribution in [2.45, 2.75) is 52.1 Å². The summed E-state index contributed by atoms with van der Waals surface area (Å²) in [6.07, 6.45) is 3.90. The number of H-pyrrole nitrogens is 2. The van der Waals surface area contributed by atoms with Gasteiger partial charge in [0.15, 0.2) is 5.82 Å². The van der Waals surface area contributed by atoms with Crippen molar-refractivity contribution in [2.24, 2.45) is 4.99 Å². The molecule has 3 heterocycles. The third-order valence-electron chi connectivity index (χ3n) is 6.68. The minimum atomic E-state index is -0.500. The molecule has 12 heteroatoms. The summed E-state index contributed by atoms with van der Waals surface area (Å²) in [5, 5.41) is 20.1. The smallest absolute Gasteiger partial charge is 0.291 e. The van der Waals surface area contributed by atoms with E-state index < -0.39 is 11.7 Å². The molecule has 0 radical (unpaired) electrons. The number of allylic oxidation sites excluding steroid dienone is 1. The first-order valence-corrected chi connectivity index (χ1v) is 12.9. The highest BCUT2D eigenvalue weighted by Gasteiger charge is 2.27. The van der Waals surface area contributed by atoms with Gasteiger partial charge in [0.2, 0.25) is 11.7 Å². The van der Waals surface area contributed by atoms with E-state index in [-0.39, 0.29) is 29.7 Å². The van der Waals surface area contributed by atoms with E-state index >= 15 is 4.39 Å². The van der Waals surface area contributed by atoms with Gasteiger partial charge >= 0.3 is 0 Å². The van der Waals surface area contributed by atoms with Crippen molar-refractivity contribution in [1.29, 1.82) is 0 Å². The van der Waals surface area contributed by atoms with Crippen LogP contribution in [0.3, 0.4) is 0 Å². The predicted octanol–water partition coefficient (Wildman–Crippen LogP) is 3.88. The summed E-state index contributed by atoms with van der Waals surface area (Å²) in [5.41, 5.74) is 1.96. The Morgan fingerprint density at radius 3 is 2.67 bits per heavy atom. The molecule has 0 spiro atoms. The van der Waals surface area contributed by atoms with E-state index in [9.17, 15) is 9.59 Å². The van der Waals surface area contributed by atoms with Crippen LogP contribution in [0.25, 0.3) is 5.57 Å². The Morgan fingerprint density at radius 1 is 1.27 bits per heavy atom. The van der Waals surface area contributed by atoms with Gasteiger partial charge in [-0.15, -0.1) is 5.10 Å². The number of nitrogens with zero attached hydrogens (tertiary/aromatic N) is 5. The number of amides is 2. The maximum absolute atomic E-state index is 15.2. The highest BCUT2D eigenvalue weighted by atomic mass is 19.1. The molecule has 1 aliphatic heterocycles. The number of nitrogens with one attached hydrogen (secondary N) is 4. The van der Waals surface area contributed by atoms with Crippen molar-refractivity contribution in [3.05, 3.63) is 71.1 Å². The van der Waals surface area contributed by atoms with Crippen molar-refractivity contribution in [3.8, 4) is 0 Å². The molecular weight excluding hydrogens is 513 g/mol. The molecule has 2 aromatic heterocycles. The van der Waals surface area contributed by atoms with Crippen molar-refractivity contribution < 1.29 is 14.0 Å². The quantitative estimate of drug-likeness (QED) is 0.236. The molecule has 210 valence electrons. The fourth-order valence-corrected chi connectivity index (χ4v) is 4.48. The molecular formula is C28H34FN9O2. The van der Waals surface area contributed by atoms with Crippen LogP contribution in [0, 0.1) is 5.82 Å². The molecule has 3 aromatic rings. The normalized spacial score (nSPS) is 15.7. The van der Waals surface area contributed by atoms with E-state index in [0.717, 1.165) is 6.42 Å². The number of aliphatic imine (C=N–C) groups is 1. The van der Waals surface area contributed by atoms with Gasteiger partial charge in [-0.1, -0.05) is 45.6 Å². The Bertz CT molecular complexity index is 1460. The van der Waals surface area contributed by atoms with Crippen molar-refractivity contribution in [1.82, 2.24) is 35.6 Å². The first-order valence-electron chi connectivity index (χ1n) is 12.9. The van der Waals surface area contributed by atoms with Gasteiger partial charge in [-0.2, -0.15) is 5.10 Å². The average Bonchev–Trinajstić information content (AvgIpc) is 3.69. The lowest BCUT2D eigenvalue weighted by Crippen LogP contribution is -2.30. The summed E-state index contributed by atoms with van der Waals surface area (Å²) in [4.78, 5) is 34.5. The van der Waals surface area contributed by atoms with Crippen molar-refractivity contribution in [3.63, 3.8) is 0 Å². The van der Waals surface area contributed by atoms with Crippen LogP contribution in [0.15, 0.2) is 41.9 Å². The average molecular weight is 548 g/mol. The lowest BCUT2D eigenvalue weighted by Gasteiger charge is -2.17. The second-order valence-electron chi connectivity index (χ2n) is 10.5. The van der Waals surface area contributed by atoms with Crippen LogP contribution in [0.5, 0.6) is 0 Å². The summed E-state index contributed by atoms with van der Waals surface area (Å²) in [6, 6.07) is 4.79. The lowest BCUT2D eigenvalue weighted by atomic mass is 9.96. The second-order valence-corrected chi connectivity index (χ2v) is 10.5.